The molecule has 7 heteroatoms. The molecule has 0 spiro atoms. The highest BCUT2D eigenvalue weighted by atomic mass is 16.6. The summed E-state index contributed by atoms with van der Waals surface area (Å²) in [6.45, 7) is 3.21. The number of para-hydroxylation sites is 1. The Balaban J connectivity index is 1.74. The van der Waals surface area contributed by atoms with Crippen LogP contribution in [0.4, 0.5) is 0 Å². The van der Waals surface area contributed by atoms with Gasteiger partial charge in [-0.15, -0.1) is 0 Å². The Kier molecular flexibility index (Phi) is 11.8. The number of ether oxygens (including phenoxy) is 5. The zero-order valence-electron chi connectivity index (χ0n) is 13.1. The maximum absolute atomic E-state index is 10.2. The Labute approximate surface area is 136 Å². The lowest BCUT2D eigenvalue weighted by Crippen LogP contribution is -2.15. The summed E-state index contributed by atoms with van der Waals surface area (Å²) in [7, 11) is 0. The standard InChI is InChI=1S/C16H24O7/c17-16(18)14-22-11-10-20-7-6-19-8-9-21-12-13-23-15-4-2-1-3-5-15/h1-5H,6-14H2,(H,17,18). The van der Waals surface area contributed by atoms with Crippen LogP contribution >= 0.6 is 0 Å². The van der Waals surface area contributed by atoms with Crippen LogP contribution in [0.2, 0.25) is 0 Å². The fourth-order valence-corrected chi connectivity index (χ4v) is 1.55. The molecule has 0 amide bonds. The molecule has 0 saturated carbocycles. The quantitative estimate of drug-likeness (QED) is 0.485. The van der Waals surface area contributed by atoms with Crippen LogP contribution in [0.3, 0.4) is 0 Å². The summed E-state index contributed by atoms with van der Waals surface area (Å²) < 4.78 is 26.2. The third kappa shape index (κ3) is 12.5. The molecule has 23 heavy (non-hydrogen) atoms. The Morgan fingerprint density at radius 3 is 1.74 bits per heavy atom. The molecular formula is C16H24O7. The van der Waals surface area contributed by atoms with Gasteiger partial charge >= 0.3 is 5.97 Å². The molecule has 0 fully saturated rings. The fraction of sp³-hybridized carbons (Fsp3) is 0.562. The Morgan fingerprint density at radius 2 is 1.22 bits per heavy atom. The highest BCUT2D eigenvalue weighted by molar-refractivity contribution is 5.67. The van der Waals surface area contributed by atoms with Gasteiger partial charge in [-0.05, 0) is 12.1 Å². The van der Waals surface area contributed by atoms with Crippen molar-refractivity contribution in [2.45, 2.75) is 0 Å². The molecule has 0 unspecified atom stereocenters. The van der Waals surface area contributed by atoms with Crippen LogP contribution in [0.25, 0.3) is 0 Å². The van der Waals surface area contributed by atoms with Gasteiger partial charge in [0.2, 0.25) is 0 Å². The third-order valence-corrected chi connectivity index (χ3v) is 2.58. The lowest BCUT2D eigenvalue weighted by atomic mass is 10.3. The predicted octanol–water partition coefficient (Wildman–Crippen LogP) is 1.22. The topological polar surface area (TPSA) is 83.5 Å². The van der Waals surface area contributed by atoms with Crippen LogP contribution in [0.15, 0.2) is 30.3 Å². The first-order chi connectivity index (χ1) is 11.3. The Hall–Kier alpha value is -1.67. The largest absolute Gasteiger partial charge is 0.491 e. The first-order valence-electron chi connectivity index (χ1n) is 7.49. The molecule has 0 atom stereocenters. The number of hydrogen-bond acceptors (Lipinski definition) is 6. The van der Waals surface area contributed by atoms with E-state index in [0.29, 0.717) is 46.2 Å². The summed E-state index contributed by atoms with van der Waals surface area (Å²) in [5.41, 5.74) is 0. The van der Waals surface area contributed by atoms with E-state index in [0.717, 1.165) is 5.75 Å². The molecule has 0 bridgehead atoms. The molecule has 130 valence electrons. The first kappa shape index (κ1) is 19.4. The second-order valence-electron chi connectivity index (χ2n) is 4.44. The highest BCUT2D eigenvalue weighted by Crippen LogP contribution is 2.07. The second-order valence-corrected chi connectivity index (χ2v) is 4.44. The van der Waals surface area contributed by atoms with Crippen molar-refractivity contribution in [3.63, 3.8) is 0 Å². The molecule has 1 aromatic carbocycles. The molecule has 7 nitrogen and oxygen atoms in total. The van der Waals surface area contributed by atoms with E-state index in [1.165, 1.54) is 0 Å². The van der Waals surface area contributed by atoms with Crippen LogP contribution < -0.4 is 4.74 Å². The van der Waals surface area contributed by atoms with Gasteiger partial charge < -0.3 is 28.8 Å². The van der Waals surface area contributed by atoms with E-state index in [1.54, 1.807) is 0 Å². The van der Waals surface area contributed by atoms with Gasteiger partial charge in [0.25, 0.3) is 0 Å². The van der Waals surface area contributed by atoms with Gasteiger partial charge in [0.05, 0.1) is 46.2 Å². The number of hydrogen-bond donors (Lipinski definition) is 1. The molecule has 0 aliphatic heterocycles. The van der Waals surface area contributed by atoms with Crippen LogP contribution in [0.1, 0.15) is 0 Å². The summed E-state index contributed by atoms with van der Waals surface area (Å²) in [6.07, 6.45) is 0. The monoisotopic (exact) mass is 328 g/mol. The van der Waals surface area contributed by atoms with Crippen LogP contribution in [-0.2, 0) is 23.7 Å². The maximum atomic E-state index is 10.2. The number of carboxylic acids is 1. The van der Waals surface area contributed by atoms with Crippen LogP contribution in [-0.4, -0.2) is 70.5 Å². The highest BCUT2D eigenvalue weighted by Gasteiger charge is 1.96. The number of aliphatic carboxylic acids is 1. The van der Waals surface area contributed by atoms with Gasteiger partial charge in [-0.2, -0.15) is 0 Å². The van der Waals surface area contributed by atoms with Crippen molar-refractivity contribution in [3.05, 3.63) is 30.3 Å². The van der Waals surface area contributed by atoms with E-state index >= 15 is 0 Å². The predicted molar refractivity (Wildman–Crippen MR) is 82.8 cm³/mol. The molecule has 0 aromatic heterocycles. The lowest BCUT2D eigenvalue weighted by molar-refractivity contribution is -0.142. The van der Waals surface area contributed by atoms with Gasteiger partial charge in [-0.1, -0.05) is 18.2 Å². The minimum absolute atomic E-state index is 0.261. The summed E-state index contributed by atoms with van der Waals surface area (Å²) in [5.74, 6) is -0.153. The molecule has 1 rings (SSSR count). The van der Waals surface area contributed by atoms with Crippen molar-refractivity contribution in [3.8, 4) is 5.75 Å². The molecule has 0 aliphatic rings. The summed E-state index contributed by atoms with van der Waals surface area (Å²) >= 11 is 0. The summed E-state index contributed by atoms with van der Waals surface area (Å²) in [5, 5.41) is 8.34. The SMILES string of the molecule is O=C(O)COCCOCCOCCOCCOc1ccccc1. The number of carbonyl (C=O) groups is 1. The van der Waals surface area contributed by atoms with Crippen LogP contribution in [0.5, 0.6) is 5.75 Å². The zero-order valence-corrected chi connectivity index (χ0v) is 13.1. The second kappa shape index (κ2) is 14.0. The van der Waals surface area contributed by atoms with Crippen LogP contribution in [0, 0.1) is 0 Å². The van der Waals surface area contributed by atoms with Gasteiger partial charge in [0.15, 0.2) is 0 Å². The molecule has 0 saturated heterocycles. The van der Waals surface area contributed by atoms with Gasteiger partial charge in [0, 0.05) is 0 Å². The minimum atomic E-state index is -0.984. The molecule has 1 N–H and O–H groups in total. The summed E-state index contributed by atoms with van der Waals surface area (Å²) in [6, 6.07) is 9.58. The van der Waals surface area contributed by atoms with Gasteiger partial charge in [-0.3, -0.25) is 0 Å². The van der Waals surface area contributed by atoms with E-state index in [-0.39, 0.29) is 13.2 Å². The van der Waals surface area contributed by atoms with Crippen molar-refractivity contribution in [2.24, 2.45) is 0 Å². The van der Waals surface area contributed by atoms with Gasteiger partial charge in [-0.25, -0.2) is 4.79 Å². The molecular weight excluding hydrogens is 304 g/mol. The van der Waals surface area contributed by atoms with Crippen molar-refractivity contribution in [2.75, 3.05) is 59.5 Å². The average Bonchev–Trinajstić information content (AvgIpc) is 2.56. The van der Waals surface area contributed by atoms with Crippen molar-refractivity contribution in [1.82, 2.24) is 0 Å². The first-order valence-corrected chi connectivity index (χ1v) is 7.49. The zero-order chi connectivity index (χ0) is 16.6. The molecule has 0 aliphatic carbocycles. The van der Waals surface area contributed by atoms with E-state index in [1.807, 2.05) is 30.3 Å². The molecule has 0 heterocycles. The van der Waals surface area contributed by atoms with E-state index in [9.17, 15) is 4.79 Å². The minimum Gasteiger partial charge on any atom is -0.491 e. The maximum Gasteiger partial charge on any atom is 0.329 e. The normalized spacial score (nSPS) is 10.6. The number of carboxylic acid groups (broad SMARTS) is 1. The molecule has 1 aromatic rings. The van der Waals surface area contributed by atoms with Gasteiger partial charge in [0.1, 0.15) is 19.0 Å². The van der Waals surface area contributed by atoms with Crippen molar-refractivity contribution in [1.29, 1.82) is 0 Å². The number of benzene rings is 1. The van der Waals surface area contributed by atoms with Crippen molar-refractivity contribution < 1.29 is 33.6 Å². The average molecular weight is 328 g/mol. The third-order valence-electron chi connectivity index (χ3n) is 2.58. The fourth-order valence-electron chi connectivity index (χ4n) is 1.55. The smallest absolute Gasteiger partial charge is 0.329 e. The van der Waals surface area contributed by atoms with E-state index in [2.05, 4.69) is 0 Å². The van der Waals surface area contributed by atoms with Crippen molar-refractivity contribution >= 4 is 5.97 Å². The van der Waals surface area contributed by atoms with E-state index < -0.39 is 5.97 Å². The molecule has 0 radical (unpaired) electrons. The summed E-state index contributed by atoms with van der Waals surface area (Å²) in [4.78, 5) is 10.2. The number of rotatable bonds is 15. The van der Waals surface area contributed by atoms with E-state index in [4.69, 9.17) is 28.8 Å². The Morgan fingerprint density at radius 1 is 0.739 bits per heavy atom. The lowest BCUT2D eigenvalue weighted by Gasteiger charge is -2.08. The Bertz CT molecular complexity index is 397.